The summed E-state index contributed by atoms with van der Waals surface area (Å²) in [6.45, 7) is 11.9. The Morgan fingerprint density at radius 2 is 1.53 bits per heavy atom. The van der Waals surface area contributed by atoms with Gasteiger partial charge in [-0.1, -0.05) is 23.3 Å². The van der Waals surface area contributed by atoms with Crippen LogP contribution in [0.25, 0.3) is 0 Å². The molecule has 0 aliphatic rings. The maximum Gasteiger partial charge on any atom is 0.0639 e. The van der Waals surface area contributed by atoms with Gasteiger partial charge in [0.05, 0.1) is 12.2 Å². The Morgan fingerprint density at radius 3 is 1.95 bits per heavy atom. The van der Waals surface area contributed by atoms with E-state index in [4.69, 9.17) is 0 Å². The lowest BCUT2D eigenvalue weighted by Crippen LogP contribution is -2.36. The van der Waals surface area contributed by atoms with E-state index in [-0.39, 0.29) is 12.2 Å². The third kappa shape index (κ3) is 12.2. The summed E-state index contributed by atoms with van der Waals surface area (Å²) < 4.78 is 0. The standard InChI is InChI=1S/C16H31NO2/c1-13(2)7-6-8-14(3)9-10-17(11-15(4)18)12-16(5)19/h7,9,15-16,18-19H,6,8,10-12H2,1-5H3/b14-9+/t15-,16+. The van der Waals surface area contributed by atoms with E-state index in [1.165, 1.54) is 11.1 Å². The van der Waals surface area contributed by atoms with Gasteiger partial charge in [0, 0.05) is 19.6 Å². The molecule has 0 saturated carbocycles. The first-order valence-corrected chi connectivity index (χ1v) is 7.18. The van der Waals surface area contributed by atoms with Gasteiger partial charge in [-0.15, -0.1) is 0 Å². The topological polar surface area (TPSA) is 43.7 Å². The van der Waals surface area contributed by atoms with Crippen molar-refractivity contribution >= 4 is 0 Å². The Balaban J connectivity index is 4.22. The lowest BCUT2D eigenvalue weighted by Gasteiger charge is -2.23. The van der Waals surface area contributed by atoms with Gasteiger partial charge in [0.25, 0.3) is 0 Å². The predicted molar refractivity (Wildman–Crippen MR) is 82.2 cm³/mol. The molecule has 0 rings (SSSR count). The largest absolute Gasteiger partial charge is 0.392 e. The van der Waals surface area contributed by atoms with E-state index in [0.29, 0.717) is 13.1 Å². The first-order chi connectivity index (χ1) is 8.81. The van der Waals surface area contributed by atoms with E-state index in [2.05, 4.69) is 37.8 Å². The molecular formula is C16H31NO2. The second-order valence-corrected chi connectivity index (χ2v) is 5.79. The van der Waals surface area contributed by atoms with Crippen LogP contribution in [0, 0.1) is 0 Å². The van der Waals surface area contributed by atoms with Crippen molar-refractivity contribution in [2.75, 3.05) is 19.6 Å². The van der Waals surface area contributed by atoms with Gasteiger partial charge >= 0.3 is 0 Å². The van der Waals surface area contributed by atoms with Crippen LogP contribution < -0.4 is 0 Å². The number of allylic oxidation sites excluding steroid dienone is 3. The molecule has 0 aromatic rings. The number of rotatable bonds is 9. The molecule has 112 valence electrons. The zero-order valence-electron chi connectivity index (χ0n) is 13.2. The molecule has 3 heteroatoms. The monoisotopic (exact) mass is 269 g/mol. The number of hydrogen-bond donors (Lipinski definition) is 2. The zero-order valence-corrected chi connectivity index (χ0v) is 13.2. The average Bonchev–Trinajstić information content (AvgIpc) is 2.23. The van der Waals surface area contributed by atoms with Crippen molar-refractivity contribution in [3.63, 3.8) is 0 Å². The minimum atomic E-state index is -0.363. The molecule has 0 amide bonds. The maximum atomic E-state index is 9.45. The highest BCUT2D eigenvalue weighted by molar-refractivity contribution is 5.03. The predicted octanol–water partition coefficient (Wildman–Crippen LogP) is 2.74. The van der Waals surface area contributed by atoms with Crippen molar-refractivity contribution < 1.29 is 10.2 Å². The highest BCUT2D eigenvalue weighted by Gasteiger charge is 2.09. The van der Waals surface area contributed by atoms with Crippen molar-refractivity contribution in [3.05, 3.63) is 23.3 Å². The Labute approximate surface area is 118 Å². The molecule has 0 aliphatic carbocycles. The van der Waals surface area contributed by atoms with E-state index < -0.39 is 0 Å². The van der Waals surface area contributed by atoms with Crippen LogP contribution >= 0.6 is 0 Å². The van der Waals surface area contributed by atoms with Crippen LogP contribution in [0.15, 0.2) is 23.3 Å². The van der Waals surface area contributed by atoms with E-state index in [1.54, 1.807) is 13.8 Å². The smallest absolute Gasteiger partial charge is 0.0639 e. The molecule has 0 radical (unpaired) electrons. The lowest BCUT2D eigenvalue weighted by molar-refractivity contribution is 0.0905. The summed E-state index contributed by atoms with van der Waals surface area (Å²) in [6, 6.07) is 0. The van der Waals surface area contributed by atoms with Crippen LogP contribution in [0.1, 0.15) is 47.5 Å². The van der Waals surface area contributed by atoms with Crippen LogP contribution in [-0.2, 0) is 0 Å². The number of hydrogen-bond acceptors (Lipinski definition) is 3. The van der Waals surface area contributed by atoms with Crippen LogP contribution in [0.3, 0.4) is 0 Å². The highest BCUT2D eigenvalue weighted by atomic mass is 16.3. The van der Waals surface area contributed by atoms with Gasteiger partial charge in [0.2, 0.25) is 0 Å². The van der Waals surface area contributed by atoms with Gasteiger partial charge < -0.3 is 10.2 Å². The molecule has 0 fully saturated rings. The van der Waals surface area contributed by atoms with E-state index in [9.17, 15) is 10.2 Å². The van der Waals surface area contributed by atoms with Gasteiger partial charge in [-0.3, -0.25) is 4.90 Å². The Morgan fingerprint density at radius 1 is 1.00 bits per heavy atom. The fourth-order valence-corrected chi connectivity index (χ4v) is 1.95. The van der Waals surface area contributed by atoms with Crippen molar-refractivity contribution in [2.45, 2.75) is 59.7 Å². The Hall–Kier alpha value is -0.640. The van der Waals surface area contributed by atoms with Crippen molar-refractivity contribution in [3.8, 4) is 0 Å². The Bertz CT molecular complexity index is 279. The summed E-state index contributed by atoms with van der Waals surface area (Å²) in [6.07, 6.45) is 5.88. The molecular weight excluding hydrogens is 238 g/mol. The van der Waals surface area contributed by atoms with Gasteiger partial charge in [0.1, 0.15) is 0 Å². The molecule has 0 aromatic heterocycles. The number of aliphatic hydroxyl groups excluding tert-OH is 2. The molecule has 0 spiro atoms. The minimum Gasteiger partial charge on any atom is -0.392 e. The molecule has 0 bridgehead atoms. The van der Waals surface area contributed by atoms with E-state index in [0.717, 1.165) is 19.4 Å². The number of aliphatic hydroxyl groups is 2. The minimum absolute atomic E-state index is 0.363. The fraction of sp³-hybridized carbons (Fsp3) is 0.750. The Kier molecular flexibility index (Phi) is 9.84. The van der Waals surface area contributed by atoms with E-state index in [1.807, 2.05) is 0 Å². The van der Waals surface area contributed by atoms with Crippen molar-refractivity contribution in [1.82, 2.24) is 4.90 Å². The summed E-state index contributed by atoms with van der Waals surface area (Å²) in [4.78, 5) is 2.08. The second kappa shape index (κ2) is 10.2. The lowest BCUT2D eigenvalue weighted by atomic mass is 10.1. The van der Waals surface area contributed by atoms with Gasteiger partial charge in [-0.05, 0) is 47.5 Å². The van der Waals surface area contributed by atoms with Crippen LogP contribution in [-0.4, -0.2) is 47.0 Å². The summed E-state index contributed by atoms with van der Waals surface area (Å²) in [7, 11) is 0. The molecule has 0 aliphatic heterocycles. The van der Waals surface area contributed by atoms with Crippen molar-refractivity contribution in [2.24, 2.45) is 0 Å². The van der Waals surface area contributed by atoms with Crippen molar-refractivity contribution in [1.29, 1.82) is 0 Å². The summed E-state index contributed by atoms with van der Waals surface area (Å²) >= 11 is 0. The molecule has 3 nitrogen and oxygen atoms in total. The first kappa shape index (κ1) is 18.4. The van der Waals surface area contributed by atoms with Gasteiger partial charge in [-0.25, -0.2) is 0 Å². The molecule has 2 atom stereocenters. The average molecular weight is 269 g/mol. The quantitative estimate of drug-likeness (QED) is 0.633. The van der Waals surface area contributed by atoms with Gasteiger partial charge in [0.15, 0.2) is 0 Å². The van der Waals surface area contributed by atoms with E-state index >= 15 is 0 Å². The maximum absolute atomic E-state index is 9.45. The second-order valence-electron chi connectivity index (χ2n) is 5.79. The van der Waals surface area contributed by atoms with Gasteiger partial charge in [-0.2, -0.15) is 0 Å². The number of nitrogens with zero attached hydrogens (tertiary/aromatic N) is 1. The summed E-state index contributed by atoms with van der Waals surface area (Å²) in [5.41, 5.74) is 2.72. The zero-order chi connectivity index (χ0) is 14.8. The highest BCUT2D eigenvalue weighted by Crippen LogP contribution is 2.07. The van der Waals surface area contributed by atoms with Crippen LogP contribution in [0.4, 0.5) is 0 Å². The summed E-state index contributed by atoms with van der Waals surface area (Å²) in [5, 5.41) is 18.9. The molecule has 19 heavy (non-hydrogen) atoms. The summed E-state index contributed by atoms with van der Waals surface area (Å²) in [5.74, 6) is 0. The van der Waals surface area contributed by atoms with Crippen LogP contribution in [0.5, 0.6) is 0 Å². The molecule has 0 saturated heterocycles. The third-order valence-corrected chi connectivity index (χ3v) is 2.83. The SMILES string of the molecule is CC(C)=CCC/C(C)=C/CN(C[C@H](C)O)C[C@@H](C)O. The first-order valence-electron chi connectivity index (χ1n) is 7.18. The fourth-order valence-electron chi connectivity index (χ4n) is 1.95. The molecule has 0 unspecified atom stereocenters. The molecule has 0 heterocycles. The third-order valence-electron chi connectivity index (χ3n) is 2.83. The normalized spacial score (nSPS) is 15.5. The molecule has 0 aromatic carbocycles. The van der Waals surface area contributed by atoms with Crippen LogP contribution in [0.2, 0.25) is 0 Å². The molecule has 2 N–H and O–H groups in total.